The highest BCUT2D eigenvalue weighted by atomic mass is 79.9. The Balaban J connectivity index is 0.000000403. The van der Waals surface area contributed by atoms with E-state index in [1.54, 1.807) is 49.6 Å². The number of amides is 3. The van der Waals surface area contributed by atoms with Crippen LogP contribution >= 0.6 is 109 Å². The van der Waals surface area contributed by atoms with Gasteiger partial charge in [0.25, 0.3) is 0 Å². The number of anilines is 4. The minimum Gasteiger partial charge on any atom is -0.495 e. The largest absolute Gasteiger partial charge is 0.495 e. The van der Waals surface area contributed by atoms with Crippen molar-refractivity contribution < 1.29 is 86.1 Å². The van der Waals surface area contributed by atoms with E-state index in [1.165, 1.54) is 50.6 Å². The summed E-state index contributed by atoms with van der Waals surface area (Å²) in [4.78, 5) is 44.2. The molecule has 0 fully saturated rings. The summed E-state index contributed by atoms with van der Waals surface area (Å²) < 4.78 is 167. The van der Waals surface area contributed by atoms with E-state index < -0.39 is 85.0 Å². The first-order valence-electron chi connectivity index (χ1n) is 25.1. The first kappa shape index (κ1) is 82.1. The van der Waals surface area contributed by atoms with Gasteiger partial charge in [0, 0.05) is 39.7 Å². The molecule has 93 heavy (non-hydrogen) atoms. The van der Waals surface area contributed by atoms with Crippen LogP contribution in [-0.4, -0.2) is 44.3 Å². The maximum atomic E-state index is 12.8. The Kier molecular flexibility index (Phi) is 33.9. The van der Waals surface area contributed by atoms with Gasteiger partial charge in [-0.3, -0.25) is 19.2 Å². The van der Waals surface area contributed by atoms with Gasteiger partial charge in [0.15, 0.2) is 0 Å². The van der Waals surface area contributed by atoms with Crippen molar-refractivity contribution in [1.29, 1.82) is 0 Å². The smallest absolute Gasteiger partial charge is 0.417 e. The van der Waals surface area contributed by atoms with Crippen molar-refractivity contribution in [2.45, 2.75) is 37.5 Å². The summed E-state index contributed by atoms with van der Waals surface area (Å²) >= 11 is 47.4. The van der Waals surface area contributed by atoms with Crippen LogP contribution in [0.25, 0.3) is 6.08 Å². The van der Waals surface area contributed by atoms with Crippen LogP contribution in [-0.2, 0) is 50.3 Å². The number of nitrogens with two attached hydrogens (primary N) is 1. The molecule has 7 rings (SSSR count). The minimum absolute atomic E-state index is 0.0138. The lowest BCUT2D eigenvalue weighted by Gasteiger charge is -2.12. The highest BCUT2D eigenvalue weighted by molar-refractivity contribution is 9.10. The fraction of sp³-hybridized carbons (Fsp3) is 0.148. The molecule has 0 aliphatic rings. The quantitative estimate of drug-likeness (QED) is 0.0385. The van der Waals surface area contributed by atoms with E-state index in [4.69, 9.17) is 113 Å². The molecule has 0 saturated heterocycles. The summed E-state index contributed by atoms with van der Waals surface area (Å²) in [6, 6.07) is 28.2. The average molecular weight is 1540 g/mol. The van der Waals surface area contributed by atoms with Crippen molar-refractivity contribution in [3.05, 3.63) is 232 Å². The van der Waals surface area contributed by atoms with E-state index in [-0.39, 0.29) is 34.2 Å². The maximum Gasteiger partial charge on any atom is 0.417 e. The Labute approximate surface area is 572 Å². The number of aryl methyl sites for hydroxylation is 1. The van der Waals surface area contributed by atoms with Crippen LogP contribution in [0, 0.1) is 0 Å². The molecule has 3 amide bonds. The number of halogens is 21. The van der Waals surface area contributed by atoms with Crippen LogP contribution < -0.4 is 35.9 Å². The van der Waals surface area contributed by atoms with E-state index in [2.05, 4.69) is 45.0 Å². The van der Waals surface area contributed by atoms with Gasteiger partial charge in [-0.25, -0.2) is 0 Å². The number of hydrogen-bond donors (Lipinski definition) is 4. The van der Waals surface area contributed by atoms with Gasteiger partial charge in [-0.05, 0) is 163 Å². The Hall–Kier alpha value is -7.00. The second kappa shape index (κ2) is 38.4. The zero-order valence-electron chi connectivity index (χ0n) is 47.6. The molecule has 7 aromatic carbocycles. The number of carbonyl (C=O) groups excluding carboxylic acids is 4. The summed E-state index contributed by atoms with van der Waals surface area (Å²) in [6.45, 7) is 6.26. The van der Waals surface area contributed by atoms with Crippen LogP contribution in [0.5, 0.6) is 17.2 Å². The number of hydrogen-bond acceptors (Lipinski definition) is 8. The van der Waals surface area contributed by atoms with Crippen molar-refractivity contribution >= 4 is 161 Å². The Bertz CT molecular complexity index is 3760. The number of carbonyl (C=O) groups is 4. The van der Waals surface area contributed by atoms with E-state index in [9.17, 15) is 71.9 Å². The maximum absolute atomic E-state index is 12.8. The van der Waals surface area contributed by atoms with Gasteiger partial charge in [-0.2, -0.15) is 52.7 Å². The van der Waals surface area contributed by atoms with Crippen molar-refractivity contribution in [1.82, 2.24) is 0 Å². The van der Waals surface area contributed by atoms with Crippen LogP contribution in [0.4, 0.5) is 75.4 Å². The van der Waals surface area contributed by atoms with Crippen molar-refractivity contribution in [2.75, 3.05) is 43.0 Å². The summed E-state index contributed by atoms with van der Waals surface area (Å²) in [7, 11) is 4.53. The van der Waals surface area contributed by atoms with Crippen molar-refractivity contribution in [2.24, 2.45) is 0 Å². The van der Waals surface area contributed by atoms with Crippen molar-refractivity contribution in [3.8, 4) is 17.2 Å². The lowest BCUT2D eigenvalue weighted by molar-refractivity contribution is -0.138. The molecule has 500 valence electrons. The molecular weight excluding hydrogens is 1490 g/mol. The summed E-state index contributed by atoms with van der Waals surface area (Å²) in [5.41, 5.74) is 2.82. The Morgan fingerprint density at radius 3 is 1.22 bits per heavy atom. The molecule has 0 aliphatic carbocycles. The number of rotatable bonds is 13. The first-order valence-corrected chi connectivity index (χ1v) is 28.9. The minimum atomic E-state index is -4.60. The molecule has 0 spiro atoms. The van der Waals surface area contributed by atoms with E-state index in [0.29, 0.717) is 44.3 Å². The monoisotopic (exact) mass is 1530 g/mol. The van der Waals surface area contributed by atoms with Gasteiger partial charge in [0.05, 0.1) is 78.7 Å². The van der Waals surface area contributed by atoms with Gasteiger partial charge >= 0.3 is 24.7 Å². The third kappa shape index (κ3) is 29.9. The SMILES string of the molecule is C=CC(=O)Cl.C=CC(=O)Nc1ccc(Cl)c(C(F)(F)F)c1.COc1cc(/C=C/C(=O)Nc2ccc(Cl)c(C(F)(F)F)c2)ccc1Cl.COc1cc(Br)ccc1Cl.COc1cc(CCC(=O)Nc2ccc(Cl)c(C(F)(F)F)c2)ccc1Cl.Nc1ccc(Cl)c(C(F)(F)F)c1. The second-order valence-electron chi connectivity index (χ2n) is 17.5. The molecule has 5 N–H and O–H groups in total. The standard InChI is InChI=1S/C17H14Cl2F3NO2.C17H12Cl2F3NO2.C10H7ClF3NO.C7H6BrClO.C7H5ClF3N.C3H3ClO/c2*1-25-15-8-10(2-5-14(15)19)3-7-16(24)23-11-4-6-13(18)12(9-11)17(20,21)22;1-2-9(16)15-6-3-4-8(11)7(5-6)10(12,13)14;1-10-7-4-5(8)2-3-6(7)9;8-6-2-1-4(12)3-5(6)7(9,10)11;1-2-3(4)5/h2,4-6,8-9H,3,7H2,1H3,(H,23,24);2-9H,1H3,(H,23,24);2-5H,1H2,(H,15,16);2-4H,1H3;1-3H,12H2;2H,1H2/b;7-3+;;;;. The number of nitrogens with one attached hydrogen (secondary N) is 3. The number of nitrogen functional groups attached to an aromatic ring is 1. The summed E-state index contributed by atoms with van der Waals surface area (Å²) in [5.74, 6) is 0.0315. The van der Waals surface area contributed by atoms with Crippen LogP contribution in [0.2, 0.25) is 35.2 Å². The van der Waals surface area contributed by atoms with Gasteiger partial charge in [0.2, 0.25) is 23.0 Å². The highest BCUT2D eigenvalue weighted by Gasteiger charge is 2.36. The number of alkyl halides is 12. The lowest BCUT2D eigenvalue weighted by Crippen LogP contribution is -2.14. The lowest BCUT2D eigenvalue weighted by atomic mass is 10.1. The third-order valence-electron chi connectivity index (χ3n) is 10.8. The van der Waals surface area contributed by atoms with Gasteiger partial charge in [-0.1, -0.05) is 122 Å². The molecule has 0 aliphatic heterocycles. The predicted octanol–water partition coefficient (Wildman–Crippen LogP) is 21.7. The van der Waals surface area contributed by atoms with Crippen LogP contribution in [0.1, 0.15) is 39.8 Å². The topological polar surface area (TPSA) is 158 Å². The molecule has 0 radical (unpaired) electrons. The van der Waals surface area contributed by atoms with E-state index in [0.717, 1.165) is 70.7 Å². The Morgan fingerprint density at radius 1 is 0.473 bits per heavy atom. The number of ether oxygens (including phenoxy) is 3. The third-order valence-corrected chi connectivity index (χ3v) is 13.8. The van der Waals surface area contributed by atoms with E-state index in [1.807, 2.05) is 12.1 Å². The van der Waals surface area contributed by atoms with E-state index >= 15 is 0 Å². The van der Waals surface area contributed by atoms with Gasteiger partial charge in [-0.15, -0.1) is 0 Å². The zero-order chi connectivity index (χ0) is 70.8. The molecule has 0 atom stereocenters. The van der Waals surface area contributed by atoms with Crippen LogP contribution in [0.3, 0.4) is 0 Å². The number of allylic oxidation sites excluding steroid dienone is 1. The molecule has 11 nitrogen and oxygen atoms in total. The molecule has 32 heteroatoms. The molecule has 0 aromatic heterocycles. The molecule has 0 unspecified atom stereocenters. The summed E-state index contributed by atoms with van der Waals surface area (Å²) in [6.07, 6.45) is -13.0. The molecule has 0 bridgehead atoms. The predicted molar refractivity (Wildman–Crippen MR) is 346 cm³/mol. The van der Waals surface area contributed by atoms with Crippen LogP contribution in [0.15, 0.2) is 163 Å². The second-order valence-corrected chi connectivity index (χ2v) is 21.7. The normalized spacial score (nSPS) is 10.9. The zero-order valence-corrected chi connectivity index (χ0v) is 55.3. The average Bonchev–Trinajstić information content (AvgIpc) is 0.956. The van der Waals surface area contributed by atoms with Crippen molar-refractivity contribution in [3.63, 3.8) is 0 Å². The Morgan fingerprint density at radius 2 is 0.828 bits per heavy atom. The molecule has 0 saturated carbocycles. The number of benzene rings is 7. The summed E-state index contributed by atoms with van der Waals surface area (Å²) in [5, 5.41) is 6.40. The first-order chi connectivity index (χ1) is 43.2. The molecule has 7 aromatic rings. The van der Waals surface area contributed by atoms with Gasteiger partial charge < -0.3 is 35.9 Å². The fourth-order valence-corrected chi connectivity index (χ4v) is 8.35. The molecular formula is C61H47BrCl8F12N4O7. The highest BCUT2D eigenvalue weighted by Crippen LogP contribution is 2.40. The van der Waals surface area contributed by atoms with Gasteiger partial charge in [0.1, 0.15) is 17.2 Å². The fourth-order valence-electron chi connectivity index (χ4n) is 6.52. The molecule has 0 heterocycles. The number of methoxy groups -OCH3 is 3.